The van der Waals surface area contributed by atoms with Crippen LogP contribution in [0.15, 0.2) is 18.2 Å². The molecule has 1 aliphatic carbocycles. The second-order valence-electron chi connectivity index (χ2n) is 7.49. The van der Waals surface area contributed by atoms with E-state index in [1.54, 1.807) is 19.1 Å². The molecule has 0 aliphatic heterocycles. The number of carbonyl (C=O) groups is 3. The van der Waals surface area contributed by atoms with E-state index in [9.17, 15) is 14.4 Å². The van der Waals surface area contributed by atoms with Gasteiger partial charge in [0.05, 0.1) is 0 Å². The lowest BCUT2D eigenvalue weighted by Crippen LogP contribution is -2.46. The molecule has 1 aromatic rings. The average molecular weight is 374 g/mol. The molecule has 2 N–H and O–H groups in total. The van der Waals surface area contributed by atoms with Gasteiger partial charge < -0.3 is 15.4 Å². The Balaban J connectivity index is 1.77. The van der Waals surface area contributed by atoms with Crippen molar-refractivity contribution >= 4 is 17.8 Å². The van der Waals surface area contributed by atoms with Gasteiger partial charge in [-0.3, -0.25) is 14.4 Å². The number of rotatable bonds is 6. The van der Waals surface area contributed by atoms with Crippen LogP contribution in [0.2, 0.25) is 0 Å². The average Bonchev–Trinajstić information content (AvgIpc) is 2.63. The summed E-state index contributed by atoms with van der Waals surface area (Å²) in [5.74, 6) is -0.833. The monoisotopic (exact) mass is 374 g/mol. The Bertz CT molecular complexity index is 701. The minimum absolute atomic E-state index is 0.136. The Hall–Kier alpha value is -2.37. The van der Waals surface area contributed by atoms with Crippen LogP contribution >= 0.6 is 0 Å². The molecular weight excluding hydrogens is 344 g/mol. The fraction of sp³-hybridized carbons (Fsp3) is 0.571. The van der Waals surface area contributed by atoms with Crippen molar-refractivity contribution in [3.8, 4) is 0 Å². The highest BCUT2D eigenvalue weighted by Gasteiger charge is 2.26. The maximum atomic E-state index is 12.2. The number of esters is 1. The molecule has 1 fully saturated rings. The van der Waals surface area contributed by atoms with Crippen LogP contribution < -0.4 is 10.6 Å². The third kappa shape index (κ3) is 6.08. The number of benzene rings is 1. The predicted molar refractivity (Wildman–Crippen MR) is 103 cm³/mol. The minimum atomic E-state index is -0.884. The molecule has 0 bridgehead atoms. The number of carbonyl (C=O) groups excluding carboxylic acids is 3. The Morgan fingerprint density at radius 3 is 2.52 bits per heavy atom. The van der Waals surface area contributed by atoms with Crippen LogP contribution in [-0.2, 0) is 14.3 Å². The van der Waals surface area contributed by atoms with Gasteiger partial charge in [-0.15, -0.1) is 0 Å². The van der Waals surface area contributed by atoms with E-state index in [2.05, 4.69) is 17.6 Å². The lowest BCUT2D eigenvalue weighted by molar-refractivity contribution is -0.154. The number of hydrogen-bond acceptors (Lipinski definition) is 4. The smallest absolute Gasteiger partial charge is 0.326 e. The summed E-state index contributed by atoms with van der Waals surface area (Å²) in [7, 11) is 0. The topological polar surface area (TPSA) is 84.5 Å². The summed E-state index contributed by atoms with van der Waals surface area (Å²) < 4.78 is 5.15. The molecule has 0 radical (unpaired) electrons. The molecule has 1 aromatic carbocycles. The van der Waals surface area contributed by atoms with E-state index in [0.717, 1.165) is 30.4 Å². The van der Waals surface area contributed by atoms with Crippen molar-refractivity contribution in [1.82, 2.24) is 10.6 Å². The summed E-state index contributed by atoms with van der Waals surface area (Å²) >= 11 is 0. The molecule has 3 atom stereocenters. The molecule has 27 heavy (non-hydrogen) atoms. The van der Waals surface area contributed by atoms with E-state index in [4.69, 9.17) is 4.74 Å². The van der Waals surface area contributed by atoms with Gasteiger partial charge in [0, 0.05) is 11.6 Å². The first-order valence-corrected chi connectivity index (χ1v) is 9.63. The van der Waals surface area contributed by atoms with E-state index < -0.39 is 12.1 Å². The Morgan fingerprint density at radius 1 is 1.15 bits per heavy atom. The van der Waals surface area contributed by atoms with Gasteiger partial charge in [-0.2, -0.15) is 0 Å². The molecular formula is C21H30N2O4. The first-order chi connectivity index (χ1) is 12.8. The van der Waals surface area contributed by atoms with Gasteiger partial charge in [-0.05, 0) is 62.8 Å². The SMILES string of the molecule is Cc1ccc(C(=O)NCC(=O)O[C@H](C)C(=O)N[C@H]2CCCC[C@@H]2C)cc1C. The molecule has 0 saturated heterocycles. The fourth-order valence-corrected chi connectivity index (χ4v) is 3.26. The zero-order chi connectivity index (χ0) is 20.0. The minimum Gasteiger partial charge on any atom is -0.451 e. The van der Waals surface area contributed by atoms with Crippen molar-refractivity contribution in [2.45, 2.75) is 65.5 Å². The van der Waals surface area contributed by atoms with Crippen molar-refractivity contribution < 1.29 is 19.1 Å². The summed E-state index contributed by atoms with van der Waals surface area (Å²) in [6, 6.07) is 5.49. The first-order valence-electron chi connectivity index (χ1n) is 9.63. The summed E-state index contributed by atoms with van der Waals surface area (Å²) in [6.45, 7) is 7.29. The zero-order valence-electron chi connectivity index (χ0n) is 16.6. The summed E-state index contributed by atoms with van der Waals surface area (Å²) in [5.41, 5.74) is 2.59. The van der Waals surface area contributed by atoms with Crippen LogP contribution in [0.25, 0.3) is 0 Å². The highest BCUT2D eigenvalue weighted by atomic mass is 16.5. The molecule has 0 heterocycles. The number of ether oxygens (including phenoxy) is 1. The van der Waals surface area contributed by atoms with Crippen molar-refractivity contribution in [1.29, 1.82) is 0 Å². The van der Waals surface area contributed by atoms with Crippen molar-refractivity contribution in [2.24, 2.45) is 5.92 Å². The second-order valence-corrected chi connectivity index (χ2v) is 7.49. The zero-order valence-corrected chi connectivity index (χ0v) is 16.6. The van der Waals surface area contributed by atoms with Crippen LogP contribution in [0.4, 0.5) is 0 Å². The van der Waals surface area contributed by atoms with Crippen molar-refractivity contribution in [3.63, 3.8) is 0 Å². The van der Waals surface area contributed by atoms with Crippen LogP contribution in [0.5, 0.6) is 0 Å². The molecule has 0 unspecified atom stereocenters. The molecule has 1 aliphatic rings. The van der Waals surface area contributed by atoms with Crippen molar-refractivity contribution in [3.05, 3.63) is 34.9 Å². The number of nitrogens with one attached hydrogen (secondary N) is 2. The third-order valence-electron chi connectivity index (χ3n) is 5.28. The first kappa shape index (κ1) is 20.9. The van der Waals surface area contributed by atoms with E-state index >= 15 is 0 Å². The molecule has 2 amide bonds. The highest BCUT2D eigenvalue weighted by molar-refractivity contribution is 5.96. The van der Waals surface area contributed by atoms with Gasteiger partial charge in [0.2, 0.25) is 0 Å². The third-order valence-corrected chi connectivity index (χ3v) is 5.28. The van der Waals surface area contributed by atoms with Gasteiger partial charge in [-0.1, -0.05) is 25.8 Å². The summed E-state index contributed by atoms with van der Waals surface area (Å²) in [5, 5.41) is 5.51. The number of amides is 2. The van der Waals surface area contributed by atoms with E-state index in [0.29, 0.717) is 11.5 Å². The maximum absolute atomic E-state index is 12.2. The van der Waals surface area contributed by atoms with Crippen LogP contribution in [0, 0.1) is 19.8 Å². The Labute approximate surface area is 161 Å². The Kier molecular flexibility index (Phi) is 7.39. The van der Waals surface area contributed by atoms with Crippen LogP contribution in [-0.4, -0.2) is 36.5 Å². The highest BCUT2D eigenvalue weighted by Crippen LogP contribution is 2.23. The second kappa shape index (κ2) is 9.53. The normalized spacial score (nSPS) is 20.4. The fourth-order valence-electron chi connectivity index (χ4n) is 3.26. The molecule has 6 heteroatoms. The summed E-state index contributed by atoms with van der Waals surface area (Å²) in [4.78, 5) is 36.3. The van der Waals surface area contributed by atoms with Gasteiger partial charge in [0.1, 0.15) is 6.54 Å². The predicted octanol–water partition coefficient (Wildman–Crippen LogP) is 2.66. The van der Waals surface area contributed by atoms with E-state index in [1.807, 2.05) is 19.9 Å². The van der Waals surface area contributed by atoms with Gasteiger partial charge in [0.15, 0.2) is 6.10 Å². The van der Waals surface area contributed by atoms with Crippen LogP contribution in [0.3, 0.4) is 0 Å². The molecule has 6 nitrogen and oxygen atoms in total. The summed E-state index contributed by atoms with van der Waals surface area (Å²) in [6.07, 6.45) is 3.47. The largest absolute Gasteiger partial charge is 0.451 e. The molecule has 0 spiro atoms. The maximum Gasteiger partial charge on any atom is 0.326 e. The standard InChI is InChI=1S/C21H30N2O4/c1-13-9-10-17(11-15(13)3)21(26)22-12-19(24)27-16(4)20(25)23-18-8-6-5-7-14(18)2/h9-11,14,16,18H,5-8,12H2,1-4H3,(H,22,26)(H,23,25)/t14-,16+,18-/m0/s1. The number of aryl methyl sites for hydroxylation is 2. The molecule has 148 valence electrons. The lowest BCUT2D eigenvalue weighted by Gasteiger charge is -2.30. The van der Waals surface area contributed by atoms with Gasteiger partial charge in [0.25, 0.3) is 11.8 Å². The quantitative estimate of drug-likeness (QED) is 0.750. The lowest BCUT2D eigenvalue weighted by atomic mass is 9.86. The van der Waals surface area contributed by atoms with Crippen LogP contribution in [0.1, 0.15) is 61.0 Å². The van der Waals surface area contributed by atoms with E-state index in [1.165, 1.54) is 6.42 Å². The van der Waals surface area contributed by atoms with E-state index in [-0.39, 0.29) is 24.4 Å². The molecule has 0 aromatic heterocycles. The van der Waals surface area contributed by atoms with Gasteiger partial charge >= 0.3 is 5.97 Å². The van der Waals surface area contributed by atoms with Crippen molar-refractivity contribution in [2.75, 3.05) is 6.54 Å². The molecule has 2 rings (SSSR count). The molecule has 1 saturated carbocycles. The number of hydrogen-bond donors (Lipinski definition) is 2. The Morgan fingerprint density at radius 2 is 1.85 bits per heavy atom. The van der Waals surface area contributed by atoms with Gasteiger partial charge in [-0.25, -0.2) is 0 Å².